The summed E-state index contributed by atoms with van der Waals surface area (Å²) < 4.78 is 0. The van der Waals surface area contributed by atoms with Crippen molar-refractivity contribution in [2.45, 2.75) is 44.6 Å². The Morgan fingerprint density at radius 3 is 2.88 bits per heavy atom. The van der Waals surface area contributed by atoms with Gasteiger partial charge in [0.05, 0.1) is 0 Å². The molecule has 1 aromatic heterocycles. The summed E-state index contributed by atoms with van der Waals surface area (Å²) in [6, 6.07) is 4.77. The van der Waals surface area contributed by atoms with Crippen molar-refractivity contribution >= 4 is 11.3 Å². The molecule has 0 aliphatic carbocycles. The van der Waals surface area contributed by atoms with Crippen LogP contribution in [0.1, 0.15) is 37.0 Å². The van der Waals surface area contributed by atoms with Crippen LogP contribution in [0.2, 0.25) is 0 Å². The molecule has 1 aromatic rings. The van der Waals surface area contributed by atoms with Crippen molar-refractivity contribution in [2.24, 2.45) is 5.84 Å². The van der Waals surface area contributed by atoms with Gasteiger partial charge in [0.2, 0.25) is 0 Å². The van der Waals surface area contributed by atoms with E-state index < -0.39 is 0 Å². The van der Waals surface area contributed by atoms with Crippen LogP contribution >= 0.6 is 11.3 Å². The number of thiophene rings is 1. The maximum atomic E-state index is 5.54. The molecule has 0 bridgehead atoms. The van der Waals surface area contributed by atoms with Crippen LogP contribution in [0.15, 0.2) is 30.2 Å². The molecule has 0 saturated carbocycles. The predicted octanol–water partition coefficient (Wildman–Crippen LogP) is 3.26. The van der Waals surface area contributed by atoms with Crippen LogP contribution in [0.3, 0.4) is 0 Å². The average Bonchev–Trinajstić information content (AvgIpc) is 2.80. The Balaban J connectivity index is 2.11. The van der Waals surface area contributed by atoms with Gasteiger partial charge in [-0.2, -0.15) is 0 Å². The third-order valence-electron chi connectivity index (χ3n) is 2.75. The Bertz CT molecular complexity index is 269. The second-order valence-electron chi connectivity index (χ2n) is 4.05. The molecule has 3 heteroatoms. The number of hydrogen-bond donors (Lipinski definition) is 2. The van der Waals surface area contributed by atoms with Crippen LogP contribution in [-0.4, -0.2) is 6.04 Å². The van der Waals surface area contributed by atoms with E-state index in [1.807, 2.05) is 17.4 Å². The van der Waals surface area contributed by atoms with Gasteiger partial charge in [0.15, 0.2) is 0 Å². The fourth-order valence-corrected chi connectivity index (χ4v) is 2.55. The van der Waals surface area contributed by atoms with Crippen LogP contribution in [0.5, 0.6) is 0 Å². The molecule has 0 aliphatic rings. The first-order chi connectivity index (χ1) is 7.86. The monoisotopic (exact) mass is 238 g/mol. The molecule has 1 rings (SSSR count). The second-order valence-corrected chi connectivity index (χ2v) is 5.09. The third-order valence-corrected chi connectivity index (χ3v) is 3.69. The molecule has 1 unspecified atom stereocenters. The summed E-state index contributed by atoms with van der Waals surface area (Å²) in [5.74, 6) is 5.54. The zero-order valence-electron chi connectivity index (χ0n) is 9.82. The summed E-state index contributed by atoms with van der Waals surface area (Å²) in [5, 5.41) is 2.14. The zero-order chi connectivity index (χ0) is 11.6. The smallest absolute Gasteiger partial charge is 0.0210 e. The molecular weight excluding hydrogens is 216 g/mol. The molecule has 1 atom stereocenters. The van der Waals surface area contributed by atoms with E-state index in [0.717, 1.165) is 19.3 Å². The molecule has 0 aliphatic heterocycles. The van der Waals surface area contributed by atoms with Gasteiger partial charge in [-0.25, -0.2) is 0 Å². The SMILES string of the molecule is C=CCCCC(CCCc1cccs1)NN. The first-order valence-corrected chi connectivity index (χ1v) is 6.84. The molecule has 0 radical (unpaired) electrons. The van der Waals surface area contributed by atoms with Crippen molar-refractivity contribution in [2.75, 3.05) is 0 Å². The van der Waals surface area contributed by atoms with Crippen LogP contribution in [-0.2, 0) is 6.42 Å². The molecule has 16 heavy (non-hydrogen) atoms. The van der Waals surface area contributed by atoms with Crippen molar-refractivity contribution in [3.05, 3.63) is 35.0 Å². The molecule has 2 nitrogen and oxygen atoms in total. The number of hydrogen-bond acceptors (Lipinski definition) is 3. The molecule has 0 amide bonds. The Morgan fingerprint density at radius 2 is 2.25 bits per heavy atom. The minimum Gasteiger partial charge on any atom is -0.271 e. The van der Waals surface area contributed by atoms with E-state index in [2.05, 4.69) is 29.5 Å². The molecule has 90 valence electrons. The number of rotatable bonds is 9. The second kappa shape index (κ2) is 8.50. The Labute approximate surface area is 103 Å². The molecule has 0 fully saturated rings. The highest BCUT2D eigenvalue weighted by Gasteiger charge is 2.05. The van der Waals surface area contributed by atoms with Gasteiger partial charge in [0, 0.05) is 10.9 Å². The normalized spacial score (nSPS) is 12.6. The predicted molar refractivity (Wildman–Crippen MR) is 72.4 cm³/mol. The van der Waals surface area contributed by atoms with E-state index >= 15 is 0 Å². The number of hydrazine groups is 1. The number of unbranched alkanes of at least 4 members (excludes halogenated alkanes) is 1. The molecule has 0 spiro atoms. The molecule has 0 aromatic carbocycles. The lowest BCUT2D eigenvalue weighted by Gasteiger charge is -2.14. The van der Waals surface area contributed by atoms with Gasteiger partial charge in [-0.05, 0) is 50.0 Å². The first kappa shape index (κ1) is 13.4. The van der Waals surface area contributed by atoms with Gasteiger partial charge in [-0.3, -0.25) is 11.3 Å². The molecule has 1 heterocycles. The third kappa shape index (κ3) is 5.45. The maximum absolute atomic E-state index is 5.54. The highest BCUT2D eigenvalue weighted by atomic mass is 32.1. The van der Waals surface area contributed by atoms with Crippen LogP contribution in [0.25, 0.3) is 0 Å². The van der Waals surface area contributed by atoms with Crippen molar-refractivity contribution < 1.29 is 0 Å². The largest absolute Gasteiger partial charge is 0.271 e. The van der Waals surface area contributed by atoms with Gasteiger partial charge < -0.3 is 0 Å². The lowest BCUT2D eigenvalue weighted by molar-refractivity contribution is 0.442. The van der Waals surface area contributed by atoms with Crippen LogP contribution in [0, 0.1) is 0 Å². The highest BCUT2D eigenvalue weighted by Crippen LogP contribution is 2.14. The first-order valence-electron chi connectivity index (χ1n) is 5.96. The van der Waals surface area contributed by atoms with Crippen molar-refractivity contribution in [1.82, 2.24) is 5.43 Å². The summed E-state index contributed by atoms with van der Waals surface area (Å²) in [7, 11) is 0. The van der Waals surface area contributed by atoms with Gasteiger partial charge in [-0.15, -0.1) is 17.9 Å². The Morgan fingerprint density at radius 1 is 1.44 bits per heavy atom. The van der Waals surface area contributed by atoms with E-state index in [0.29, 0.717) is 6.04 Å². The van der Waals surface area contributed by atoms with Crippen molar-refractivity contribution in [3.8, 4) is 0 Å². The van der Waals surface area contributed by atoms with E-state index in [-0.39, 0.29) is 0 Å². The Hall–Kier alpha value is -0.640. The standard InChI is InChI=1S/C13H22N2S/c1-2-3-4-7-12(15-14)8-5-9-13-10-6-11-16-13/h2,6,10-12,15H,1,3-5,7-9,14H2. The molecular formula is C13H22N2S. The van der Waals surface area contributed by atoms with Gasteiger partial charge in [0.1, 0.15) is 0 Å². The van der Waals surface area contributed by atoms with E-state index in [4.69, 9.17) is 5.84 Å². The summed E-state index contributed by atoms with van der Waals surface area (Å²) in [6.45, 7) is 3.73. The summed E-state index contributed by atoms with van der Waals surface area (Å²) in [4.78, 5) is 1.47. The highest BCUT2D eigenvalue weighted by molar-refractivity contribution is 7.09. The molecule has 0 saturated heterocycles. The fraction of sp³-hybridized carbons (Fsp3) is 0.538. The van der Waals surface area contributed by atoms with Gasteiger partial charge >= 0.3 is 0 Å². The summed E-state index contributed by atoms with van der Waals surface area (Å²) >= 11 is 1.84. The van der Waals surface area contributed by atoms with Crippen molar-refractivity contribution in [1.29, 1.82) is 0 Å². The number of nitrogens with two attached hydrogens (primary N) is 1. The summed E-state index contributed by atoms with van der Waals surface area (Å²) in [5.41, 5.74) is 2.91. The lowest BCUT2D eigenvalue weighted by atomic mass is 10.0. The van der Waals surface area contributed by atoms with E-state index in [9.17, 15) is 0 Å². The maximum Gasteiger partial charge on any atom is 0.0210 e. The van der Waals surface area contributed by atoms with Crippen molar-refractivity contribution in [3.63, 3.8) is 0 Å². The topological polar surface area (TPSA) is 38.0 Å². The number of allylic oxidation sites excluding steroid dienone is 1. The molecule has 3 N–H and O–H groups in total. The quantitative estimate of drug-likeness (QED) is 0.300. The van der Waals surface area contributed by atoms with Crippen LogP contribution < -0.4 is 11.3 Å². The zero-order valence-corrected chi connectivity index (χ0v) is 10.6. The average molecular weight is 238 g/mol. The minimum absolute atomic E-state index is 0.458. The van der Waals surface area contributed by atoms with E-state index in [1.54, 1.807) is 0 Å². The van der Waals surface area contributed by atoms with E-state index in [1.165, 1.54) is 24.1 Å². The summed E-state index contributed by atoms with van der Waals surface area (Å²) in [6.07, 6.45) is 8.93. The van der Waals surface area contributed by atoms with Gasteiger partial charge in [0.25, 0.3) is 0 Å². The van der Waals surface area contributed by atoms with Gasteiger partial charge in [-0.1, -0.05) is 12.1 Å². The van der Waals surface area contributed by atoms with Crippen LogP contribution in [0.4, 0.5) is 0 Å². The lowest BCUT2D eigenvalue weighted by Crippen LogP contribution is -2.35. The minimum atomic E-state index is 0.458. The number of aryl methyl sites for hydroxylation is 1. The fourth-order valence-electron chi connectivity index (χ4n) is 1.80. The Kier molecular flexibility index (Phi) is 7.14. The number of nitrogens with one attached hydrogen (secondary N) is 1.